The average Bonchev–Trinajstić information content (AvgIpc) is 2.03. The van der Waals surface area contributed by atoms with Crippen LogP contribution in [0, 0.1) is 0 Å². The maximum absolute atomic E-state index is 12.1. The maximum atomic E-state index is 12.1. The number of alkyl halides is 2. The normalized spacial score (nSPS) is 12.6. The molecular formula is C6H10F2O3. The lowest BCUT2D eigenvalue weighted by atomic mass is 10.4. The minimum Gasteiger partial charge on any atom is -0.461 e. The zero-order chi connectivity index (χ0) is 8.69. The van der Waals surface area contributed by atoms with Gasteiger partial charge in [-0.15, -0.1) is 0 Å². The molecule has 0 aromatic rings. The fraction of sp³-hybridized carbons (Fsp3) is 0.833. The third-order valence-corrected chi connectivity index (χ3v) is 0.923. The highest BCUT2D eigenvalue weighted by Gasteiger charge is 2.17. The fourth-order valence-electron chi connectivity index (χ4n) is 0.379. The van der Waals surface area contributed by atoms with Gasteiger partial charge in [-0.3, -0.25) is 0 Å². The quantitative estimate of drug-likeness (QED) is 0.442. The van der Waals surface area contributed by atoms with E-state index in [0.29, 0.717) is 0 Å². The van der Waals surface area contributed by atoms with Crippen LogP contribution in [0.25, 0.3) is 0 Å². The number of rotatable bonds is 5. The van der Waals surface area contributed by atoms with E-state index in [1.165, 1.54) is 7.11 Å². The van der Waals surface area contributed by atoms with Crippen molar-refractivity contribution in [3.05, 3.63) is 0 Å². The third-order valence-electron chi connectivity index (χ3n) is 0.923. The van der Waals surface area contributed by atoms with Gasteiger partial charge in [0, 0.05) is 7.11 Å². The molecular weight excluding hydrogens is 158 g/mol. The van der Waals surface area contributed by atoms with Gasteiger partial charge in [-0.25, -0.2) is 13.6 Å². The maximum Gasteiger partial charge on any atom is 0.343 e. The molecule has 0 N–H and O–H groups in total. The minimum absolute atomic E-state index is 0.0459. The number of hydrogen-bond acceptors (Lipinski definition) is 3. The zero-order valence-corrected chi connectivity index (χ0v) is 6.18. The van der Waals surface area contributed by atoms with Crippen LogP contribution in [-0.4, -0.2) is 39.1 Å². The first-order valence-corrected chi connectivity index (χ1v) is 3.08. The molecule has 0 aliphatic rings. The summed E-state index contributed by atoms with van der Waals surface area (Å²) < 4.78 is 32.3. The Morgan fingerprint density at radius 1 is 1.55 bits per heavy atom. The molecule has 66 valence electrons. The highest BCUT2D eigenvalue weighted by molar-refractivity contribution is 5.74. The Hall–Kier alpha value is -0.710. The molecule has 0 saturated carbocycles. The molecule has 0 aliphatic heterocycles. The van der Waals surface area contributed by atoms with Crippen LogP contribution < -0.4 is 0 Å². The van der Waals surface area contributed by atoms with Crippen molar-refractivity contribution in [1.82, 2.24) is 0 Å². The van der Waals surface area contributed by atoms with E-state index in [9.17, 15) is 13.6 Å². The van der Waals surface area contributed by atoms with Crippen molar-refractivity contribution in [2.45, 2.75) is 6.17 Å². The molecule has 0 aromatic carbocycles. The van der Waals surface area contributed by atoms with Crippen LogP contribution >= 0.6 is 0 Å². The standard InChI is InChI=1S/C6H10F2O3/c1-10-2-3-11-6(9)5(8)4-7/h5H,2-4H2,1H3. The van der Waals surface area contributed by atoms with E-state index in [2.05, 4.69) is 9.47 Å². The summed E-state index contributed by atoms with van der Waals surface area (Å²) in [6, 6.07) is 0. The van der Waals surface area contributed by atoms with Crippen molar-refractivity contribution < 1.29 is 23.0 Å². The van der Waals surface area contributed by atoms with Crippen LogP contribution in [0.15, 0.2) is 0 Å². The Morgan fingerprint density at radius 3 is 2.64 bits per heavy atom. The summed E-state index contributed by atoms with van der Waals surface area (Å²) in [5, 5.41) is 0. The Labute approximate surface area is 63.3 Å². The topological polar surface area (TPSA) is 35.5 Å². The SMILES string of the molecule is COCCOC(=O)C(F)CF. The van der Waals surface area contributed by atoms with E-state index < -0.39 is 18.8 Å². The second kappa shape index (κ2) is 6.03. The monoisotopic (exact) mass is 168 g/mol. The molecule has 0 rings (SSSR count). The lowest BCUT2D eigenvalue weighted by molar-refractivity contribution is -0.151. The zero-order valence-electron chi connectivity index (χ0n) is 6.18. The van der Waals surface area contributed by atoms with E-state index in [-0.39, 0.29) is 13.2 Å². The highest BCUT2D eigenvalue weighted by atomic mass is 19.2. The lowest BCUT2D eigenvalue weighted by Gasteiger charge is -2.04. The molecule has 0 amide bonds. The van der Waals surface area contributed by atoms with Crippen LogP contribution in [-0.2, 0) is 14.3 Å². The van der Waals surface area contributed by atoms with Gasteiger partial charge in [0.25, 0.3) is 0 Å². The third kappa shape index (κ3) is 4.66. The molecule has 11 heavy (non-hydrogen) atoms. The van der Waals surface area contributed by atoms with Gasteiger partial charge >= 0.3 is 5.97 Å². The van der Waals surface area contributed by atoms with Crippen LogP contribution in [0.1, 0.15) is 0 Å². The van der Waals surface area contributed by atoms with Gasteiger partial charge < -0.3 is 9.47 Å². The average molecular weight is 168 g/mol. The number of carbonyl (C=O) groups is 1. The van der Waals surface area contributed by atoms with Crippen LogP contribution in [0.2, 0.25) is 0 Å². The predicted molar refractivity (Wildman–Crippen MR) is 33.7 cm³/mol. The summed E-state index contributed by atoms with van der Waals surface area (Å²) in [7, 11) is 1.41. The predicted octanol–water partition coefficient (Wildman–Crippen LogP) is 0.484. The van der Waals surface area contributed by atoms with Gasteiger partial charge in [0.15, 0.2) is 0 Å². The van der Waals surface area contributed by atoms with E-state index in [1.54, 1.807) is 0 Å². The number of ether oxygens (including phenoxy) is 2. The first kappa shape index (κ1) is 10.3. The molecule has 0 aliphatic carbocycles. The first-order chi connectivity index (χ1) is 5.22. The van der Waals surface area contributed by atoms with Crippen LogP contribution in [0.5, 0.6) is 0 Å². The molecule has 0 aromatic heterocycles. The largest absolute Gasteiger partial charge is 0.461 e. The van der Waals surface area contributed by atoms with Crippen molar-refractivity contribution in [3.8, 4) is 0 Å². The van der Waals surface area contributed by atoms with Crippen molar-refractivity contribution in [2.24, 2.45) is 0 Å². The van der Waals surface area contributed by atoms with Crippen molar-refractivity contribution in [1.29, 1.82) is 0 Å². The first-order valence-electron chi connectivity index (χ1n) is 3.08. The van der Waals surface area contributed by atoms with E-state index in [1.807, 2.05) is 0 Å². The summed E-state index contributed by atoms with van der Waals surface area (Å²) >= 11 is 0. The Bertz CT molecular complexity index is 118. The van der Waals surface area contributed by atoms with Gasteiger partial charge in [-0.05, 0) is 0 Å². The van der Waals surface area contributed by atoms with Gasteiger partial charge in [0.1, 0.15) is 13.3 Å². The summed E-state index contributed by atoms with van der Waals surface area (Å²) in [5.74, 6) is -1.18. The second-order valence-corrected chi connectivity index (χ2v) is 1.78. The molecule has 0 spiro atoms. The molecule has 1 unspecified atom stereocenters. The minimum atomic E-state index is -2.16. The Balaban J connectivity index is 3.36. The lowest BCUT2D eigenvalue weighted by Crippen LogP contribution is -2.22. The van der Waals surface area contributed by atoms with Gasteiger partial charge in [-0.2, -0.15) is 0 Å². The van der Waals surface area contributed by atoms with Gasteiger partial charge in [-0.1, -0.05) is 0 Å². The van der Waals surface area contributed by atoms with Crippen molar-refractivity contribution in [3.63, 3.8) is 0 Å². The molecule has 1 atom stereocenters. The molecule has 3 nitrogen and oxygen atoms in total. The summed E-state index contributed by atoms with van der Waals surface area (Å²) in [5.41, 5.74) is 0. The van der Waals surface area contributed by atoms with Gasteiger partial charge in [0.2, 0.25) is 6.17 Å². The number of carbonyl (C=O) groups excluding carboxylic acids is 1. The molecule has 0 radical (unpaired) electrons. The summed E-state index contributed by atoms with van der Waals surface area (Å²) in [4.78, 5) is 10.4. The van der Waals surface area contributed by atoms with Crippen LogP contribution in [0.3, 0.4) is 0 Å². The van der Waals surface area contributed by atoms with Crippen molar-refractivity contribution >= 4 is 5.97 Å². The number of halogens is 2. The summed E-state index contributed by atoms with van der Waals surface area (Å²) in [6.07, 6.45) is -2.16. The molecule has 0 heterocycles. The molecule has 0 saturated heterocycles. The second-order valence-electron chi connectivity index (χ2n) is 1.78. The molecule has 0 bridgehead atoms. The fourth-order valence-corrected chi connectivity index (χ4v) is 0.379. The number of hydrogen-bond donors (Lipinski definition) is 0. The van der Waals surface area contributed by atoms with Gasteiger partial charge in [0.05, 0.1) is 6.61 Å². The Kier molecular flexibility index (Phi) is 5.64. The highest BCUT2D eigenvalue weighted by Crippen LogP contribution is 1.95. The Morgan fingerprint density at radius 2 is 2.18 bits per heavy atom. The van der Waals surface area contributed by atoms with E-state index >= 15 is 0 Å². The molecule has 5 heteroatoms. The molecule has 0 fully saturated rings. The van der Waals surface area contributed by atoms with E-state index in [4.69, 9.17) is 0 Å². The van der Waals surface area contributed by atoms with Crippen molar-refractivity contribution in [2.75, 3.05) is 27.0 Å². The summed E-state index contributed by atoms with van der Waals surface area (Å²) in [6.45, 7) is -1.20. The number of esters is 1. The van der Waals surface area contributed by atoms with E-state index in [0.717, 1.165) is 0 Å². The van der Waals surface area contributed by atoms with Crippen LogP contribution in [0.4, 0.5) is 8.78 Å². The number of methoxy groups -OCH3 is 1. The smallest absolute Gasteiger partial charge is 0.343 e.